The number of nitrogens with one attached hydrogen (secondary N) is 1. The van der Waals surface area contributed by atoms with Gasteiger partial charge in [-0.2, -0.15) is 0 Å². The number of rotatable bonds is 3. The predicted molar refractivity (Wildman–Crippen MR) is 61.7 cm³/mol. The van der Waals surface area contributed by atoms with E-state index in [1.54, 1.807) is 18.5 Å². The Balaban J connectivity index is 2.34. The Bertz CT molecular complexity index is 495. The first kappa shape index (κ1) is 10.6. The number of nitrogens with zero attached hydrogens (tertiary/aromatic N) is 2. The van der Waals surface area contributed by atoms with Crippen LogP contribution < -0.4 is 5.73 Å². The van der Waals surface area contributed by atoms with Gasteiger partial charge in [0.25, 0.3) is 0 Å². The lowest BCUT2D eigenvalue weighted by Gasteiger charge is -2.05. The molecule has 16 heavy (non-hydrogen) atoms. The summed E-state index contributed by atoms with van der Waals surface area (Å²) in [6.45, 7) is 0. The van der Waals surface area contributed by atoms with Crippen LogP contribution in [-0.2, 0) is 0 Å². The second kappa shape index (κ2) is 4.71. The van der Waals surface area contributed by atoms with Gasteiger partial charge in [-0.05, 0) is 6.07 Å². The molecule has 4 N–H and O–H groups in total. The first-order valence-corrected chi connectivity index (χ1v) is 5.37. The fourth-order valence-electron chi connectivity index (χ4n) is 1.23. The maximum atomic E-state index is 8.67. The fourth-order valence-corrected chi connectivity index (χ4v) is 2.11. The van der Waals surface area contributed by atoms with Crippen molar-refractivity contribution < 1.29 is 5.21 Å². The van der Waals surface area contributed by atoms with Crippen LogP contribution in [0.4, 0.5) is 0 Å². The number of aromatic nitrogens is 2. The number of oxime groups is 1. The summed E-state index contributed by atoms with van der Waals surface area (Å²) >= 11 is 1.43. The highest BCUT2D eigenvalue weighted by Crippen LogP contribution is 2.27. The van der Waals surface area contributed by atoms with E-state index in [1.807, 2.05) is 18.2 Å². The Labute approximate surface area is 96.4 Å². The molecule has 82 valence electrons. The third kappa shape index (κ3) is 2.17. The van der Waals surface area contributed by atoms with E-state index in [9.17, 15) is 0 Å². The van der Waals surface area contributed by atoms with Gasteiger partial charge < -0.3 is 15.9 Å². The predicted octanol–water partition coefficient (Wildman–Crippen LogP) is 1.66. The molecule has 1 aromatic carbocycles. The maximum absolute atomic E-state index is 8.67. The molecule has 0 aliphatic heterocycles. The Morgan fingerprint density at radius 3 is 2.94 bits per heavy atom. The van der Waals surface area contributed by atoms with Crippen molar-refractivity contribution in [3.05, 3.63) is 42.2 Å². The number of benzene rings is 1. The molecule has 2 aromatic rings. The molecule has 0 aliphatic carbocycles. The lowest BCUT2D eigenvalue weighted by atomic mass is 10.2. The molecule has 0 fully saturated rings. The van der Waals surface area contributed by atoms with Crippen LogP contribution in [0.1, 0.15) is 5.56 Å². The van der Waals surface area contributed by atoms with Gasteiger partial charge in [0.1, 0.15) is 0 Å². The lowest BCUT2D eigenvalue weighted by molar-refractivity contribution is 0.318. The van der Waals surface area contributed by atoms with Crippen LogP contribution >= 0.6 is 11.8 Å². The van der Waals surface area contributed by atoms with E-state index in [0.717, 1.165) is 10.1 Å². The average molecular weight is 234 g/mol. The number of amidine groups is 1. The van der Waals surface area contributed by atoms with Crippen molar-refractivity contribution in [3.8, 4) is 0 Å². The Morgan fingerprint density at radius 1 is 1.44 bits per heavy atom. The summed E-state index contributed by atoms with van der Waals surface area (Å²) in [6, 6.07) is 7.40. The summed E-state index contributed by atoms with van der Waals surface area (Å²) in [7, 11) is 0. The molecule has 0 amide bonds. The molecule has 5 nitrogen and oxygen atoms in total. The van der Waals surface area contributed by atoms with Gasteiger partial charge in [-0.1, -0.05) is 35.1 Å². The van der Waals surface area contributed by atoms with Gasteiger partial charge in [0.05, 0.1) is 0 Å². The second-order valence-corrected chi connectivity index (χ2v) is 4.01. The molecule has 0 unspecified atom stereocenters. The smallest absolute Gasteiger partial charge is 0.171 e. The molecule has 0 aliphatic rings. The Kier molecular flexibility index (Phi) is 3.11. The van der Waals surface area contributed by atoms with Crippen molar-refractivity contribution in [2.45, 2.75) is 10.1 Å². The van der Waals surface area contributed by atoms with Gasteiger partial charge in [-0.15, -0.1) is 0 Å². The molecule has 0 spiro atoms. The topological polar surface area (TPSA) is 87.3 Å². The molecule has 0 saturated carbocycles. The Morgan fingerprint density at radius 2 is 2.25 bits per heavy atom. The van der Waals surface area contributed by atoms with Gasteiger partial charge in [-0.3, -0.25) is 0 Å². The summed E-state index contributed by atoms with van der Waals surface area (Å²) in [5, 5.41) is 12.4. The minimum atomic E-state index is 0.0923. The molecule has 0 saturated heterocycles. The third-order valence-corrected chi connectivity index (χ3v) is 2.94. The summed E-state index contributed by atoms with van der Waals surface area (Å²) in [6.07, 6.45) is 3.42. The molecule has 0 atom stereocenters. The number of H-pyrrole nitrogens is 1. The van der Waals surface area contributed by atoms with Gasteiger partial charge in [-0.25, -0.2) is 4.98 Å². The van der Waals surface area contributed by atoms with E-state index in [2.05, 4.69) is 15.1 Å². The maximum Gasteiger partial charge on any atom is 0.171 e. The van der Waals surface area contributed by atoms with E-state index < -0.39 is 0 Å². The van der Waals surface area contributed by atoms with E-state index >= 15 is 0 Å². The van der Waals surface area contributed by atoms with E-state index in [1.165, 1.54) is 11.8 Å². The van der Waals surface area contributed by atoms with Gasteiger partial charge >= 0.3 is 0 Å². The molecule has 1 heterocycles. The molecule has 0 radical (unpaired) electrons. The van der Waals surface area contributed by atoms with Crippen molar-refractivity contribution in [1.82, 2.24) is 9.97 Å². The molecule has 2 rings (SSSR count). The van der Waals surface area contributed by atoms with Crippen molar-refractivity contribution in [3.63, 3.8) is 0 Å². The summed E-state index contributed by atoms with van der Waals surface area (Å²) in [5.41, 5.74) is 6.27. The second-order valence-electron chi connectivity index (χ2n) is 2.98. The monoisotopic (exact) mass is 234 g/mol. The quantitative estimate of drug-likeness (QED) is 0.326. The summed E-state index contributed by atoms with van der Waals surface area (Å²) < 4.78 is 0. The number of hydrogen-bond acceptors (Lipinski definition) is 4. The van der Waals surface area contributed by atoms with Crippen LogP contribution in [0.2, 0.25) is 0 Å². The largest absolute Gasteiger partial charge is 0.409 e. The van der Waals surface area contributed by atoms with Gasteiger partial charge in [0.15, 0.2) is 11.0 Å². The van der Waals surface area contributed by atoms with Crippen molar-refractivity contribution in [1.29, 1.82) is 0 Å². The highest BCUT2D eigenvalue weighted by Gasteiger charge is 2.08. The minimum absolute atomic E-state index is 0.0923. The third-order valence-electron chi connectivity index (χ3n) is 1.95. The van der Waals surface area contributed by atoms with Crippen molar-refractivity contribution in [2.24, 2.45) is 10.9 Å². The SMILES string of the molecule is N/C(=N/O)c1ccccc1Sc1ncc[nH]1. The normalized spacial score (nSPS) is 11.6. The first-order valence-electron chi connectivity index (χ1n) is 4.55. The molecule has 6 heteroatoms. The van der Waals surface area contributed by atoms with E-state index in [4.69, 9.17) is 10.9 Å². The van der Waals surface area contributed by atoms with Crippen LogP contribution in [0.15, 0.2) is 51.9 Å². The number of aromatic amines is 1. The van der Waals surface area contributed by atoms with Crippen LogP contribution in [0.3, 0.4) is 0 Å². The lowest BCUT2D eigenvalue weighted by Crippen LogP contribution is -2.14. The first-order chi connectivity index (χ1) is 7.81. The summed E-state index contributed by atoms with van der Waals surface area (Å²) in [4.78, 5) is 7.96. The highest BCUT2D eigenvalue weighted by molar-refractivity contribution is 7.99. The highest BCUT2D eigenvalue weighted by atomic mass is 32.2. The summed E-state index contributed by atoms with van der Waals surface area (Å²) in [5.74, 6) is 0.0923. The number of imidazole rings is 1. The van der Waals surface area contributed by atoms with Crippen LogP contribution in [0.5, 0.6) is 0 Å². The molecular formula is C10H10N4OS. The van der Waals surface area contributed by atoms with Crippen molar-refractivity contribution in [2.75, 3.05) is 0 Å². The standard InChI is InChI=1S/C10H10N4OS/c11-9(14-15)7-3-1-2-4-8(7)16-10-12-5-6-13-10/h1-6,15H,(H2,11,14)(H,12,13). The van der Waals surface area contributed by atoms with E-state index in [0.29, 0.717) is 5.56 Å². The van der Waals surface area contributed by atoms with Crippen LogP contribution in [-0.4, -0.2) is 21.0 Å². The zero-order chi connectivity index (χ0) is 11.4. The van der Waals surface area contributed by atoms with Crippen molar-refractivity contribution >= 4 is 17.6 Å². The fraction of sp³-hybridized carbons (Fsp3) is 0. The Hall–Kier alpha value is -1.95. The average Bonchev–Trinajstić information content (AvgIpc) is 2.82. The van der Waals surface area contributed by atoms with Gasteiger partial charge in [0, 0.05) is 22.9 Å². The zero-order valence-electron chi connectivity index (χ0n) is 8.29. The van der Waals surface area contributed by atoms with Crippen LogP contribution in [0, 0.1) is 0 Å². The number of nitrogens with two attached hydrogens (primary N) is 1. The number of hydrogen-bond donors (Lipinski definition) is 3. The zero-order valence-corrected chi connectivity index (χ0v) is 9.11. The molecule has 0 bridgehead atoms. The van der Waals surface area contributed by atoms with Crippen LogP contribution in [0.25, 0.3) is 0 Å². The van der Waals surface area contributed by atoms with Gasteiger partial charge in [0.2, 0.25) is 0 Å². The molecule has 1 aromatic heterocycles. The van der Waals surface area contributed by atoms with E-state index in [-0.39, 0.29) is 5.84 Å². The minimum Gasteiger partial charge on any atom is -0.409 e. The molecular weight excluding hydrogens is 224 g/mol.